The lowest BCUT2D eigenvalue weighted by Crippen LogP contribution is -2.45. The summed E-state index contributed by atoms with van der Waals surface area (Å²) in [4.78, 5) is 12.5. The Balaban J connectivity index is 3.58. The molecule has 390 valence electrons. The van der Waals surface area contributed by atoms with Gasteiger partial charge in [-0.2, -0.15) is 0 Å². The lowest BCUT2D eigenvalue weighted by atomic mass is 10.0. The maximum Gasteiger partial charge on any atom is 0.222 e. The van der Waals surface area contributed by atoms with E-state index in [0.29, 0.717) is 6.42 Å². The largest absolute Gasteiger partial charge is 0.394 e. The summed E-state index contributed by atoms with van der Waals surface area (Å²) in [5, 5.41) is 33.5. The van der Waals surface area contributed by atoms with Crippen LogP contribution in [0.1, 0.15) is 322 Å². The molecular weight excluding hydrogens is 811 g/mol. The molecule has 0 aromatic heterocycles. The number of carbonyl (C=O) groups is 1. The molecule has 4 N–H and O–H groups in total. The van der Waals surface area contributed by atoms with Crippen molar-refractivity contribution in [2.75, 3.05) is 6.61 Å². The molecule has 0 spiro atoms. The first-order valence-electron chi connectivity index (χ1n) is 29.8. The Labute approximate surface area is 413 Å². The van der Waals surface area contributed by atoms with E-state index in [2.05, 4.69) is 43.5 Å². The van der Waals surface area contributed by atoms with Crippen molar-refractivity contribution in [3.05, 3.63) is 36.5 Å². The van der Waals surface area contributed by atoms with E-state index in [4.69, 9.17) is 0 Å². The maximum absolute atomic E-state index is 12.5. The van der Waals surface area contributed by atoms with E-state index >= 15 is 0 Å². The van der Waals surface area contributed by atoms with E-state index in [-0.39, 0.29) is 18.9 Å². The van der Waals surface area contributed by atoms with Crippen molar-refractivity contribution in [3.63, 3.8) is 0 Å². The average Bonchev–Trinajstić information content (AvgIpc) is 3.31. The second kappa shape index (κ2) is 56.2. The Morgan fingerprint density at radius 2 is 0.652 bits per heavy atom. The summed E-state index contributed by atoms with van der Waals surface area (Å²) in [6.45, 7) is 4.24. The summed E-state index contributed by atoms with van der Waals surface area (Å²) in [5.74, 6) is -0.324. The van der Waals surface area contributed by atoms with E-state index in [1.54, 1.807) is 6.08 Å². The van der Waals surface area contributed by atoms with Gasteiger partial charge in [-0.25, -0.2) is 0 Å². The van der Waals surface area contributed by atoms with Gasteiger partial charge in [-0.1, -0.05) is 307 Å². The van der Waals surface area contributed by atoms with Crippen LogP contribution in [0.3, 0.4) is 0 Å². The van der Waals surface area contributed by atoms with E-state index in [1.165, 1.54) is 257 Å². The Morgan fingerprint density at radius 3 is 0.970 bits per heavy atom. The van der Waals surface area contributed by atoms with Gasteiger partial charge in [0.05, 0.1) is 31.3 Å². The van der Waals surface area contributed by atoms with Gasteiger partial charge in [0.2, 0.25) is 5.91 Å². The minimum atomic E-state index is -0.960. The molecule has 66 heavy (non-hydrogen) atoms. The van der Waals surface area contributed by atoms with Crippen LogP contribution < -0.4 is 5.32 Å². The third kappa shape index (κ3) is 52.0. The molecule has 3 unspecified atom stereocenters. The molecule has 0 fully saturated rings. The molecule has 0 aliphatic rings. The smallest absolute Gasteiger partial charge is 0.222 e. The monoisotopic (exact) mass is 928 g/mol. The van der Waals surface area contributed by atoms with Crippen LogP contribution in [0.2, 0.25) is 0 Å². The van der Waals surface area contributed by atoms with Gasteiger partial charge >= 0.3 is 0 Å². The molecule has 5 heteroatoms. The molecular formula is C61H117NO4. The van der Waals surface area contributed by atoms with Crippen LogP contribution in [-0.2, 0) is 4.79 Å². The highest BCUT2D eigenvalue weighted by Crippen LogP contribution is 2.18. The summed E-state index contributed by atoms with van der Waals surface area (Å²) in [5.41, 5.74) is 0. The van der Waals surface area contributed by atoms with Crippen LogP contribution >= 0.6 is 0 Å². The summed E-state index contributed by atoms with van der Waals surface area (Å²) in [6, 6.07) is -0.767. The summed E-state index contributed by atoms with van der Waals surface area (Å²) >= 11 is 0. The fourth-order valence-corrected chi connectivity index (χ4v) is 9.38. The Hall–Kier alpha value is -1.43. The number of carbonyl (C=O) groups excluding carboxylic acids is 1. The van der Waals surface area contributed by atoms with E-state index in [1.807, 2.05) is 6.08 Å². The number of aliphatic hydroxyl groups excluding tert-OH is 3. The van der Waals surface area contributed by atoms with E-state index < -0.39 is 18.2 Å². The molecule has 5 nitrogen and oxygen atoms in total. The molecule has 0 aliphatic heterocycles. The van der Waals surface area contributed by atoms with Gasteiger partial charge in [0, 0.05) is 0 Å². The fraction of sp³-hybridized carbons (Fsp3) is 0.885. The van der Waals surface area contributed by atoms with Crippen LogP contribution in [-0.4, -0.2) is 46.1 Å². The molecule has 0 aromatic rings. The number of hydrogen-bond donors (Lipinski definition) is 4. The number of unbranched alkanes of at least 4 members (excludes halogenated alkanes) is 42. The normalized spacial score (nSPS) is 13.5. The van der Waals surface area contributed by atoms with Gasteiger partial charge in [0.15, 0.2) is 0 Å². The Bertz CT molecular complexity index is 1020. The zero-order valence-electron chi connectivity index (χ0n) is 44.6. The van der Waals surface area contributed by atoms with Crippen LogP contribution in [0, 0.1) is 0 Å². The minimum Gasteiger partial charge on any atom is -0.394 e. The molecule has 3 atom stereocenters. The number of allylic oxidation sites excluding steroid dienone is 5. The number of nitrogens with one attached hydrogen (secondary N) is 1. The third-order valence-corrected chi connectivity index (χ3v) is 13.9. The lowest BCUT2D eigenvalue weighted by molar-refractivity contribution is -0.124. The minimum absolute atomic E-state index is 0.00582. The molecule has 1 amide bonds. The van der Waals surface area contributed by atoms with Crippen molar-refractivity contribution in [2.45, 2.75) is 340 Å². The standard InChI is InChI=1S/C61H117NO4/c1-3-5-7-9-11-13-15-17-19-21-23-25-27-28-29-30-31-33-34-36-38-40-42-44-46-48-50-52-54-58(64)56-61(66)62-59(57-63)60(65)55-53-51-49-47-45-43-41-39-37-35-32-26-24-22-20-18-16-14-12-10-8-6-4-2/h37,39,45,47,53,55,58-60,63-65H,3-36,38,40-44,46,48-52,54,56-57H2,1-2H3,(H,62,66)/b39-37+,47-45+,55-53+. The average molecular weight is 929 g/mol. The molecule has 0 saturated carbocycles. The van der Waals surface area contributed by atoms with Gasteiger partial charge in [0.1, 0.15) is 0 Å². The van der Waals surface area contributed by atoms with Gasteiger partial charge < -0.3 is 20.6 Å². The van der Waals surface area contributed by atoms with Crippen molar-refractivity contribution in [1.29, 1.82) is 0 Å². The van der Waals surface area contributed by atoms with E-state index in [9.17, 15) is 20.1 Å². The third-order valence-electron chi connectivity index (χ3n) is 13.9. The van der Waals surface area contributed by atoms with Gasteiger partial charge in [-0.05, 0) is 44.9 Å². The van der Waals surface area contributed by atoms with Crippen molar-refractivity contribution in [2.24, 2.45) is 0 Å². The Kier molecular flexibility index (Phi) is 54.9. The van der Waals surface area contributed by atoms with Crippen LogP contribution in [0.25, 0.3) is 0 Å². The predicted molar refractivity (Wildman–Crippen MR) is 291 cm³/mol. The highest BCUT2D eigenvalue weighted by atomic mass is 16.3. The fourth-order valence-electron chi connectivity index (χ4n) is 9.38. The predicted octanol–water partition coefficient (Wildman–Crippen LogP) is 18.6. The molecule has 0 radical (unpaired) electrons. The first kappa shape index (κ1) is 64.6. The SMILES string of the molecule is CCCCCCCCCCCCCCC/C=C/CC/C=C/CC/C=C/C(O)C(CO)NC(=O)CC(O)CCCCCCCCCCCCCCCCCCCCCCCCCCCCCC. The highest BCUT2D eigenvalue weighted by Gasteiger charge is 2.20. The second-order valence-corrected chi connectivity index (χ2v) is 20.6. The quantitative estimate of drug-likeness (QED) is 0.0361. The van der Waals surface area contributed by atoms with Crippen LogP contribution in [0.5, 0.6) is 0 Å². The highest BCUT2D eigenvalue weighted by molar-refractivity contribution is 5.76. The van der Waals surface area contributed by atoms with Crippen molar-refractivity contribution in [1.82, 2.24) is 5.32 Å². The topological polar surface area (TPSA) is 89.8 Å². The lowest BCUT2D eigenvalue weighted by Gasteiger charge is -2.21. The summed E-state index contributed by atoms with van der Waals surface area (Å²) in [6.07, 6.45) is 73.5. The van der Waals surface area contributed by atoms with Crippen LogP contribution in [0.4, 0.5) is 0 Å². The van der Waals surface area contributed by atoms with Crippen LogP contribution in [0.15, 0.2) is 36.5 Å². The molecule has 0 heterocycles. The van der Waals surface area contributed by atoms with E-state index in [0.717, 1.165) is 38.5 Å². The van der Waals surface area contributed by atoms with Gasteiger partial charge in [-0.15, -0.1) is 0 Å². The Morgan fingerprint density at radius 1 is 0.379 bits per heavy atom. The summed E-state index contributed by atoms with van der Waals surface area (Å²) in [7, 11) is 0. The van der Waals surface area contributed by atoms with Crippen molar-refractivity contribution in [3.8, 4) is 0 Å². The number of hydrogen-bond acceptors (Lipinski definition) is 4. The number of aliphatic hydroxyl groups is 3. The number of rotatable bonds is 55. The first-order valence-corrected chi connectivity index (χ1v) is 29.8. The van der Waals surface area contributed by atoms with Crippen molar-refractivity contribution < 1.29 is 20.1 Å². The number of amides is 1. The zero-order valence-corrected chi connectivity index (χ0v) is 44.6. The molecule has 0 saturated heterocycles. The molecule has 0 rings (SSSR count). The van der Waals surface area contributed by atoms with Crippen molar-refractivity contribution >= 4 is 5.91 Å². The maximum atomic E-state index is 12.5. The molecule has 0 bridgehead atoms. The zero-order chi connectivity index (χ0) is 47.9. The molecule has 0 aromatic carbocycles. The molecule has 0 aliphatic carbocycles. The van der Waals surface area contributed by atoms with Gasteiger partial charge in [-0.3, -0.25) is 4.79 Å². The second-order valence-electron chi connectivity index (χ2n) is 20.6. The first-order chi connectivity index (χ1) is 32.5. The van der Waals surface area contributed by atoms with Gasteiger partial charge in [0.25, 0.3) is 0 Å². The summed E-state index contributed by atoms with van der Waals surface area (Å²) < 4.78 is 0.